The van der Waals surface area contributed by atoms with Gasteiger partial charge in [0.15, 0.2) is 0 Å². The van der Waals surface area contributed by atoms with E-state index in [0.29, 0.717) is 10.6 Å². The van der Waals surface area contributed by atoms with Crippen molar-refractivity contribution < 1.29 is 14.3 Å². The number of thiophene rings is 1. The predicted molar refractivity (Wildman–Crippen MR) is 81.7 cm³/mol. The number of esters is 1. The molecular weight excluding hydrogens is 288 g/mol. The summed E-state index contributed by atoms with van der Waals surface area (Å²) in [5.74, 6) is -0.652. The van der Waals surface area contributed by atoms with Gasteiger partial charge in [-0.1, -0.05) is 6.07 Å². The highest BCUT2D eigenvalue weighted by atomic mass is 32.1. The van der Waals surface area contributed by atoms with Crippen molar-refractivity contribution in [2.45, 2.75) is 20.3 Å². The molecule has 0 bridgehead atoms. The zero-order valence-corrected chi connectivity index (χ0v) is 12.9. The van der Waals surface area contributed by atoms with Gasteiger partial charge in [-0.3, -0.25) is 9.78 Å². The normalized spacial score (nSPS) is 10.2. The Morgan fingerprint density at radius 1 is 1.33 bits per heavy atom. The summed E-state index contributed by atoms with van der Waals surface area (Å²) >= 11 is 1.26. The molecular formula is C15H16N2O3S. The van der Waals surface area contributed by atoms with E-state index >= 15 is 0 Å². The van der Waals surface area contributed by atoms with Crippen LogP contribution in [0.4, 0.5) is 5.69 Å². The molecule has 6 heteroatoms. The number of methoxy groups -OCH3 is 1. The maximum Gasteiger partial charge on any atom is 0.350 e. The number of amides is 1. The minimum absolute atomic E-state index is 0.169. The van der Waals surface area contributed by atoms with Crippen LogP contribution in [0.5, 0.6) is 0 Å². The maximum absolute atomic E-state index is 12.1. The van der Waals surface area contributed by atoms with Gasteiger partial charge in [-0.25, -0.2) is 4.79 Å². The average molecular weight is 304 g/mol. The number of ether oxygens (including phenoxy) is 1. The Kier molecular flexibility index (Phi) is 4.70. The lowest BCUT2D eigenvalue weighted by atomic mass is 10.1. The fourth-order valence-corrected chi connectivity index (χ4v) is 2.80. The van der Waals surface area contributed by atoms with Gasteiger partial charge in [0.2, 0.25) is 5.91 Å². The van der Waals surface area contributed by atoms with E-state index in [1.165, 1.54) is 18.4 Å². The molecule has 0 aliphatic carbocycles. The van der Waals surface area contributed by atoms with Gasteiger partial charge in [-0.2, -0.15) is 0 Å². The lowest BCUT2D eigenvalue weighted by Gasteiger charge is -2.08. The maximum atomic E-state index is 12.1. The van der Waals surface area contributed by atoms with E-state index in [0.717, 1.165) is 16.8 Å². The molecule has 5 nitrogen and oxygen atoms in total. The summed E-state index contributed by atoms with van der Waals surface area (Å²) in [6, 6.07) is 3.74. The quantitative estimate of drug-likeness (QED) is 0.882. The Labute approximate surface area is 127 Å². The van der Waals surface area contributed by atoms with E-state index in [9.17, 15) is 9.59 Å². The molecule has 1 N–H and O–H groups in total. The van der Waals surface area contributed by atoms with Gasteiger partial charge < -0.3 is 10.1 Å². The Balaban J connectivity index is 2.15. The minimum Gasteiger partial charge on any atom is -0.465 e. The van der Waals surface area contributed by atoms with Crippen LogP contribution in [0, 0.1) is 13.8 Å². The molecule has 0 saturated heterocycles. The summed E-state index contributed by atoms with van der Waals surface area (Å²) < 4.78 is 4.72. The van der Waals surface area contributed by atoms with E-state index in [2.05, 4.69) is 10.3 Å². The van der Waals surface area contributed by atoms with Crippen molar-refractivity contribution in [2.24, 2.45) is 0 Å². The van der Waals surface area contributed by atoms with Crippen LogP contribution in [0.2, 0.25) is 0 Å². The summed E-state index contributed by atoms with van der Waals surface area (Å²) in [6.07, 6.45) is 1.83. The van der Waals surface area contributed by atoms with Crippen LogP contribution in [0.3, 0.4) is 0 Å². The Morgan fingerprint density at radius 3 is 2.76 bits per heavy atom. The monoisotopic (exact) mass is 304 g/mol. The van der Waals surface area contributed by atoms with Gasteiger partial charge in [0, 0.05) is 6.20 Å². The fraction of sp³-hybridized carbons (Fsp3) is 0.267. The van der Waals surface area contributed by atoms with E-state index in [1.807, 2.05) is 31.4 Å². The minimum atomic E-state index is -0.447. The second kappa shape index (κ2) is 6.49. The molecule has 2 aromatic heterocycles. The molecule has 0 spiro atoms. The van der Waals surface area contributed by atoms with Gasteiger partial charge in [0.25, 0.3) is 0 Å². The molecule has 1 amide bonds. The molecule has 0 atom stereocenters. The Morgan fingerprint density at radius 2 is 2.10 bits per heavy atom. The molecule has 0 saturated carbocycles. The second-order valence-corrected chi connectivity index (χ2v) is 5.49. The number of rotatable bonds is 4. The van der Waals surface area contributed by atoms with Crippen LogP contribution in [0.15, 0.2) is 23.7 Å². The van der Waals surface area contributed by atoms with Gasteiger partial charge in [-0.05, 0) is 36.4 Å². The first-order valence-electron chi connectivity index (χ1n) is 6.39. The lowest BCUT2D eigenvalue weighted by Crippen LogP contribution is -2.17. The zero-order chi connectivity index (χ0) is 15.4. The molecule has 0 aromatic carbocycles. The summed E-state index contributed by atoms with van der Waals surface area (Å²) in [5, 5.41) is 4.59. The molecule has 0 fully saturated rings. The first-order chi connectivity index (χ1) is 10.0. The van der Waals surface area contributed by atoms with Crippen LogP contribution >= 0.6 is 11.3 Å². The first-order valence-corrected chi connectivity index (χ1v) is 7.27. The number of aromatic nitrogens is 1. The molecule has 2 rings (SSSR count). The van der Waals surface area contributed by atoms with Crippen LogP contribution in [0.25, 0.3) is 0 Å². The van der Waals surface area contributed by atoms with E-state index in [4.69, 9.17) is 4.74 Å². The van der Waals surface area contributed by atoms with Gasteiger partial charge in [-0.15, -0.1) is 11.3 Å². The number of pyridine rings is 1. The molecule has 0 radical (unpaired) electrons. The van der Waals surface area contributed by atoms with Crippen LogP contribution in [0.1, 0.15) is 26.5 Å². The summed E-state index contributed by atoms with van der Waals surface area (Å²) in [4.78, 5) is 28.4. The third-order valence-corrected chi connectivity index (χ3v) is 4.13. The van der Waals surface area contributed by atoms with Crippen LogP contribution in [-0.4, -0.2) is 24.0 Å². The van der Waals surface area contributed by atoms with Crippen molar-refractivity contribution in [1.29, 1.82) is 0 Å². The zero-order valence-electron chi connectivity index (χ0n) is 12.1. The van der Waals surface area contributed by atoms with Crippen molar-refractivity contribution in [3.63, 3.8) is 0 Å². The molecule has 0 unspecified atom stereocenters. The predicted octanol–water partition coefficient (Wildman–Crippen LogP) is 2.73. The number of hydrogen-bond donors (Lipinski definition) is 1. The number of nitrogens with zero attached hydrogens (tertiary/aromatic N) is 1. The largest absolute Gasteiger partial charge is 0.465 e. The number of carbonyl (C=O) groups excluding carboxylic acids is 2. The fourth-order valence-electron chi connectivity index (χ4n) is 1.88. The third-order valence-electron chi connectivity index (χ3n) is 3.06. The molecule has 0 aliphatic rings. The van der Waals surface area contributed by atoms with E-state index < -0.39 is 5.97 Å². The first kappa shape index (κ1) is 15.2. The van der Waals surface area contributed by atoms with Crippen molar-refractivity contribution in [3.8, 4) is 0 Å². The SMILES string of the molecule is COC(=O)c1scc(C)c1NC(=O)Cc1ncccc1C. The molecule has 0 aliphatic heterocycles. The smallest absolute Gasteiger partial charge is 0.350 e. The highest BCUT2D eigenvalue weighted by Gasteiger charge is 2.19. The molecule has 21 heavy (non-hydrogen) atoms. The van der Waals surface area contributed by atoms with Crippen molar-refractivity contribution >= 4 is 28.9 Å². The summed E-state index contributed by atoms with van der Waals surface area (Å²) in [6.45, 7) is 3.75. The molecule has 110 valence electrons. The second-order valence-electron chi connectivity index (χ2n) is 4.61. The van der Waals surface area contributed by atoms with Crippen molar-refractivity contribution in [2.75, 3.05) is 12.4 Å². The number of aryl methyl sites for hydroxylation is 2. The van der Waals surface area contributed by atoms with Crippen molar-refractivity contribution in [3.05, 3.63) is 45.4 Å². The third kappa shape index (κ3) is 3.46. The van der Waals surface area contributed by atoms with Crippen LogP contribution in [-0.2, 0) is 16.0 Å². The molecule has 2 aromatic rings. The Hall–Kier alpha value is -2.21. The van der Waals surface area contributed by atoms with E-state index in [1.54, 1.807) is 6.20 Å². The van der Waals surface area contributed by atoms with Crippen molar-refractivity contribution in [1.82, 2.24) is 4.98 Å². The molecule has 2 heterocycles. The van der Waals surface area contributed by atoms with Crippen LogP contribution < -0.4 is 5.32 Å². The topological polar surface area (TPSA) is 68.3 Å². The highest BCUT2D eigenvalue weighted by Crippen LogP contribution is 2.28. The number of nitrogens with one attached hydrogen (secondary N) is 1. The van der Waals surface area contributed by atoms with Gasteiger partial charge >= 0.3 is 5.97 Å². The van der Waals surface area contributed by atoms with Gasteiger partial charge in [0.1, 0.15) is 4.88 Å². The average Bonchev–Trinajstić information content (AvgIpc) is 2.82. The number of hydrogen-bond acceptors (Lipinski definition) is 5. The van der Waals surface area contributed by atoms with E-state index in [-0.39, 0.29) is 12.3 Å². The summed E-state index contributed by atoms with van der Waals surface area (Å²) in [5.41, 5.74) is 3.04. The number of anilines is 1. The standard InChI is InChI=1S/C15H16N2O3S/c1-9-5-4-6-16-11(9)7-12(18)17-13-10(2)8-21-14(13)15(19)20-3/h4-6,8H,7H2,1-3H3,(H,17,18). The highest BCUT2D eigenvalue weighted by molar-refractivity contribution is 7.12. The van der Waals surface area contributed by atoms with Gasteiger partial charge in [0.05, 0.1) is 24.9 Å². The summed E-state index contributed by atoms with van der Waals surface area (Å²) in [7, 11) is 1.32. The number of carbonyl (C=O) groups is 2. The Bertz CT molecular complexity index is 679. The lowest BCUT2D eigenvalue weighted by molar-refractivity contribution is -0.115.